The largest absolute Gasteiger partial charge is 0.496 e. The number of carbonyl (C=O) groups is 2. The van der Waals surface area contributed by atoms with E-state index in [4.69, 9.17) is 9.57 Å². The van der Waals surface area contributed by atoms with Crippen LogP contribution in [0.1, 0.15) is 68.9 Å². The fraction of sp³-hybridized carbons (Fsp3) is 0.524. The molecule has 2 N–H and O–H groups in total. The summed E-state index contributed by atoms with van der Waals surface area (Å²) in [4.78, 5) is 35.6. The number of carbonyl (C=O) groups excluding carboxylic acids is 2. The van der Waals surface area contributed by atoms with Crippen LogP contribution in [-0.4, -0.2) is 72.4 Å². The molecule has 4 fully saturated rings. The van der Waals surface area contributed by atoms with Gasteiger partial charge in [-0.25, -0.2) is 0 Å². The molecule has 1 aliphatic heterocycles. The van der Waals surface area contributed by atoms with Crippen molar-refractivity contribution in [3.05, 3.63) is 89.5 Å². The summed E-state index contributed by atoms with van der Waals surface area (Å²) in [5.74, 6) is 2.25. The number of nitrogens with one attached hydrogen (secondary N) is 1. The number of nitrogens with zero attached hydrogens (tertiary/aromatic N) is 2. The van der Waals surface area contributed by atoms with Crippen molar-refractivity contribution in [2.75, 3.05) is 27.3 Å². The van der Waals surface area contributed by atoms with E-state index in [1.54, 1.807) is 17.1 Å². The molecular weight excluding hydrogens is 626 g/mol. The molecule has 0 aromatic heterocycles. The van der Waals surface area contributed by atoms with Gasteiger partial charge in [0, 0.05) is 42.2 Å². The molecule has 0 radical (unpaired) electrons. The quantitative estimate of drug-likeness (QED) is 0.224. The Bertz CT molecular complexity index is 1640. The predicted molar refractivity (Wildman–Crippen MR) is 196 cm³/mol. The van der Waals surface area contributed by atoms with Crippen molar-refractivity contribution >= 4 is 11.8 Å². The first-order valence-electron chi connectivity index (χ1n) is 18.3. The standard InChI is InChI=1S/C42H55N3O5/c1-26(2)37-36(25-46)50-45(38(37)40(47)43-35-23-32-22-34(27(35)3)42(32,4)5)24-31-14-11-15-33(39(31)49-7)29-16-18-30(19-17-29)41(48)44(6)21-20-28-12-9-8-10-13-28/h8-19,26-27,32,34-38,46H,20-25H2,1-7H3,(H,43,47)/t27-,32+,34+,35-,36-,37+,38-/m0/s1. The predicted octanol–water partition coefficient (Wildman–Crippen LogP) is 6.61. The van der Waals surface area contributed by atoms with Crippen molar-refractivity contribution in [1.29, 1.82) is 0 Å². The number of hydrogen-bond donors (Lipinski definition) is 2. The molecule has 50 heavy (non-hydrogen) atoms. The third-order valence-corrected chi connectivity index (χ3v) is 12.3. The zero-order valence-electron chi connectivity index (χ0n) is 30.8. The lowest BCUT2D eigenvalue weighted by Gasteiger charge is -2.62. The highest BCUT2D eigenvalue weighted by atomic mass is 16.7. The van der Waals surface area contributed by atoms with E-state index in [1.807, 2.05) is 67.7 Å². The maximum Gasteiger partial charge on any atom is 0.253 e. The highest BCUT2D eigenvalue weighted by Crippen LogP contribution is 2.61. The van der Waals surface area contributed by atoms with Crippen LogP contribution in [0.25, 0.3) is 11.1 Å². The Hall–Kier alpha value is -3.72. The van der Waals surface area contributed by atoms with Gasteiger partial charge in [-0.3, -0.25) is 14.4 Å². The van der Waals surface area contributed by atoms with Gasteiger partial charge >= 0.3 is 0 Å². The second kappa shape index (κ2) is 14.9. The fourth-order valence-electron chi connectivity index (χ4n) is 9.11. The van der Waals surface area contributed by atoms with Crippen molar-refractivity contribution < 1.29 is 24.3 Å². The molecule has 3 saturated carbocycles. The van der Waals surface area contributed by atoms with E-state index >= 15 is 0 Å². The summed E-state index contributed by atoms with van der Waals surface area (Å²) in [6.45, 7) is 12.0. The van der Waals surface area contributed by atoms with E-state index in [9.17, 15) is 14.7 Å². The SMILES string of the molecule is COc1c(CN2O[C@@H](CO)[C@@H](C(C)C)[C@H]2C(=O)N[C@H]2C[C@H]3C[C@H]([C@@H]2C)C3(C)C)cccc1-c1ccc(C(=O)N(C)CCc2ccccc2)cc1. The van der Waals surface area contributed by atoms with E-state index in [1.165, 1.54) is 12.0 Å². The van der Waals surface area contributed by atoms with Crippen molar-refractivity contribution in [3.8, 4) is 16.9 Å². The van der Waals surface area contributed by atoms with Crippen LogP contribution < -0.4 is 10.1 Å². The van der Waals surface area contributed by atoms with E-state index in [0.29, 0.717) is 47.6 Å². The number of likely N-dealkylation sites (N-methyl/N-ethyl adjacent to an activating group) is 1. The van der Waals surface area contributed by atoms with Crippen LogP contribution in [0.3, 0.4) is 0 Å². The third-order valence-electron chi connectivity index (χ3n) is 12.3. The minimum absolute atomic E-state index is 0.0230. The van der Waals surface area contributed by atoms with E-state index in [0.717, 1.165) is 29.5 Å². The Morgan fingerprint density at radius 2 is 1.76 bits per heavy atom. The first-order chi connectivity index (χ1) is 23.9. The number of aliphatic hydroxyl groups is 1. The summed E-state index contributed by atoms with van der Waals surface area (Å²) in [7, 11) is 3.49. The minimum atomic E-state index is -0.553. The van der Waals surface area contributed by atoms with Gasteiger partial charge in [-0.05, 0) is 71.6 Å². The molecule has 4 aliphatic rings. The molecule has 3 aromatic rings. The lowest BCUT2D eigenvalue weighted by Crippen LogP contribution is -2.62. The number of rotatable bonds is 12. The average molecular weight is 682 g/mol. The van der Waals surface area contributed by atoms with Crippen LogP contribution in [0, 0.1) is 35.0 Å². The van der Waals surface area contributed by atoms with Crippen LogP contribution >= 0.6 is 0 Å². The van der Waals surface area contributed by atoms with Gasteiger partial charge in [-0.1, -0.05) is 95.3 Å². The van der Waals surface area contributed by atoms with Crippen molar-refractivity contribution in [1.82, 2.24) is 15.3 Å². The average Bonchev–Trinajstić information content (AvgIpc) is 3.50. The zero-order valence-corrected chi connectivity index (χ0v) is 30.8. The Morgan fingerprint density at radius 3 is 2.38 bits per heavy atom. The highest BCUT2D eigenvalue weighted by molar-refractivity contribution is 5.94. The fourth-order valence-corrected chi connectivity index (χ4v) is 9.11. The highest BCUT2D eigenvalue weighted by Gasteiger charge is 2.57. The first-order valence-corrected chi connectivity index (χ1v) is 18.3. The number of para-hydroxylation sites is 1. The van der Waals surface area contributed by atoms with Crippen molar-refractivity contribution in [3.63, 3.8) is 0 Å². The minimum Gasteiger partial charge on any atom is -0.496 e. The van der Waals surface area contributed by atoms with Crippen LogP contribution in [0.5, 0.6) is 5.75 Å². The molecule has 1 saturated heterocycles. The molecule has 7 rings (SSSR count). The van der Waals surface area contributed by atoms with Crippen LogP contribution in [-0.2, 0) is 22.6 Å². The van der Waals surface area contributed by atoms with Gasteiger partial charge in [0.05, 0.1) is 20.3 Å². The lowest BCUT2D eigenvalue weighted by molar-refractivity contribution is -0.183. The first kappa shape index (κ1) is 36.1. The van der Waals surface area contributed by atoms with Crippen LogP contribution in [0.15, 0.2) is 72.8 Å². The van der Waals surface area contributed by atoms with Gasteiger partial charge in [0.15, 0.2) is 0 Å². The summed E-state index contributed by atoms with van der Waals surface area (Å²) >= 11 is 0. The molecule has 2 bridgehead atoms. The maximum atomic E-state index is 14.2. The maximum absolute atomic E-state index is 14.2. The Balaban J connectivity index is 1.19. The summed E-state index contributed by atoms with van der Waals surface area (Å²) in [5.41, 5.74) is 4.84. The van der Waals surface area contributed by atoms with Crippen LogP contribution in [0.2, 0.25) is 0 Å². The topological polar surface area (TPSA) is 91.3 Å². The summed E-state index contributed by atoms with van der Waals surface area (Å²) in [5, 5.41) is 15.6. The molecule has 2 amide bonds. The molecule has 7 atom stereocenters. The normalized spacial score (nSPS) is 27.1. The molecule has 3 aromatic carbocycles. The number of methoxy groups -OCH3 is 1. The molecule has 1 heterocycles. The molecule has 8 heteroatoms. The number of benzene rings is 3. The summed E-state index contributed by atoms with van der Waals surface area (Å²) in [6, 6.07) is 23.4. The van der Waals surface area contributed by atoms with Gasteiger partial charge in [-0.15, -0.1) is 0 Å². The second-order valence-electron chi connectivity index (χ2n) is 15.8. The Morgan fingerprint density at radius 1 is 1.04 bits per heavy atom. The number of hydroxylamine groups is 2. The van der Waals surface area contributed by atoms with Crippen molar-refractivity contribution in [2.45, 2.75) is 78.6 Å². The molecule has 0 spiro atoms. The monoisotopic (exact) mass is 681 g/mol. The van der Waals surface area contributed by atoms with E-state index in [-0.39, 0.29) is 36.3 Å². The number of hydrogen-bond acceptors (Lipinski definition) is 6. The Labute approximate surface area is 298 Å². The number of fused-ring (bicyclic) bond motifs is 2. The molecule has 268 valence electrons. The number of aliphatic hydroxyl groups excluding tert-OH is 1. The smallest absolute Gasteiger partial charge is 0.253 e. The number of ether oxygens (including phenoxy) is 1. The second-order valence-corrected chi connectivity index (χ2v) is 15.8. The molecular formula is C42H55N3O5. The van der Waals surface area contributed by atoms with Crippen molar-refractivity contribution in [2.24, 2.45) is 35.0 Å². The van der Waals surface area contributed by atoms with Gasteiger partial charge in [-0.2, -0.15) is 5.06 Å². The van der Waals surface area contributed by atoms with Gasteiger partial charge in [0.2, 0.25) is 5.91 Å². The van der Waals surface area contributed by atoms with Gasteiger partial charge in [0.1, 0.15) is 17.9 Å². The molecule has 3 aliphatic carbocycles. The lowest BCUT2D eigenvalue weighted by atomic mass is 9.45. The zero-order chi connectivity index (χ0) is 35.7. The third kappa shape index (κ3) is 6.95. The van der Waals surface area contributed by atoms with E-state index in [2.05, 4.69) is 52.1 Å². The van der Waals surface area contributed by atoms with Gasteiger partial charge in [0.25, 0.3) is 5.91 Å². The molecule has 0 unspecified atom stereocenters. The number of amides is 2. The Kier molecular flexibility index (Phi) is 10.7. The van der Waals surface area contributed by atoms with Crippen LogP contribution in [0.4, 0.5) is 0 Å². The summed E-state index contributed by atoms with van der Waals surface area (Å²) < 4.78 is 6.02. The van der Waals surface area contributed by atoms with E-state index < -0.39 is 12.1 Å². The summed E-state index contributed by atoms with van der Waals surface area (Å²) in [6.07, 6.45) is 2.57. The molecule has 8 nitrogen and oxygen atoms in total. The van der Waals surface area contributed by atoms with Gasteiger partial charge < -0.3 is 20.1 Å².